The Bertz CT molecular complexity index is 394. The molecule has 0 amide bonds. The summed E-state index contributed by atoms with van der Waals surface area (Å²) in [6, 6.07) is 0. The molecule has 0 atom stereocenters. The van der Waals surface area contributed by atoms with Gasteiger partial charge in [-0.15, -0.1) is 0 Å². The van der Waals surface area contributed by atoms with E-state index >= 15 is 0 Å². The van der Waals surface area contributed by atoms with Gasteiger partial charge in [0.25, 0.3) is 0 Å². The molecule has 0 aliphatic carbocycles. The summed E-state index contributed by atoms with van der Waals surface area (Å²) in [4.78, 5) is 0. The molecule has 0 aromatic carbocycles. The first-order chi connectivity index (χ1) is 19.2. The van der Waals surface area contributed by atoms with Crippen LogP contribution in [0.25, 0.3) is 0 Å². The van der Waals surface area contributed by atoms with Crippen molar-refractivity contribution in [3.8, 4) is 0 Å². The van der Waals surface area contributed by atoms with E-state index in [1.807, 2.05) is 0 Å². The molecule has 0 bridgehead atoms. The van der Waals surface area contributed by atoms with Gasteiger partial charge < -0.3 is 0 Å². The Morgan fingerprint density at radius 3 is 0.538 bits per heavy atom. The third-order valence-corrected chi connectivity index (χ3v) is 15.4. The zero-order valence-electron chi connectivity index (χ0n) is 28.5. The van der Waals surface area contributed by atoms with Crippen molar-refractivity contribution < 1.29 is 0 Å². The fourth-order valence-corrected chi connectivity index (χ4v) is 12.4. The normalized spacial score (nSPS) is 12.4. The fraction of sp³-hybridized carbons (Fsp3) is 1.00. The second kappa shape index (κ2) is 32.9. The Balaban J connectivity index is 4.35. The molecule has 0 unspecified atom stereocenters. The molecule has 0 radical (unpaired) electrons. The Labute approximate surface area is 251 Å². The van der Waals surface area contributed by atoms with Crippen molar-refractivity contribution >= 4 is 7.26 Å². The van der Waals surface area contributed by atoms with Crippen LogP contribution in [0.3, 0.4) is 0 Å². The molecule has 0 fully saturated rings. The second-order valence-corrected chi connectivity index (χ2v) is 18.7. The van der Waals surface area contributed by atoms with Crippen LogP contribution < -0.4 is 0 Å². The van der Waals surface area contributed by atoms with Crippen molar-refractivity contribution in [1.29, 1.82) is 0 Å². The third-order valence-electron chi connectivity index (χ3n) is 9.74. The first-order valence-electron chi connectivity index (χ1n) is 19.2. The fourth-order valence-electron chi connectivity index (χ4n) is 6.93. The van der Waals surface area contributed by atoms with E-state index in [2.05, 4.69) is 27.7 Å². The van der Waals surface area contributed by atoms with E-state index in [1.54, 1.807) is 50.3 Å². The predicted molar refractivity (Wildman–Crippen MR) is 189 cm³/mol. The van der Waals surface area contributed by atoms with Gasteiger partial charge in [0.05, 0.1) is 0 Å². The third kappa shape index (κ3) is 28.3. The van der Waals surface area contributed by atoms with E-state index in [1.165, 1.54) is 167 Å². The molecule has 0 nitrogen and oxygen atoms in total. The molecular weight excluding hydrogens is 487 g/mol. The van der Waals surface area contributed by atoms with Gasteiger partial charge in [0, 0.05) is 0 Å². The summed E-state index contributed by atoms with van der Waals surface area (Å²) in [5.41, 5.74) is 0. The van der Waals surface area contributed by atoms with Gasteiger partial charge in [-0.3, -0.25) is 0 Å². The topological polar surface area (TPSA) is 0 Å². The summed E-state index contributed by atoms with van der Waals surface area (Å²) in [6.45, 7) is 9.41. The van der Waals surface area contributed by atoms with E-state index in [0.717, 1.165) is 0 Å². The maximum absolute atomic E-state index is 2.36. The summed E-state index contributed by atoms with van der Waals surface area (Å²) in [6.07, 6.45) is 51.4. The van der Waals surface area contributed by atoms with Crippen molar-refractivity contribution in [2.45, 2.75) is 220 Å². The van der Waals surface area contributed by atoms with Gasteiger partial charge in [0.2, 0.25) is 0 Å². The average molecular weight is 569 g/mol. The molecule has 0 heterocycles. The van der Waals surface area contributed by atoms with Gasteiger partial charge in [0.1, 0.15) is 0 Å². The minimum atomic E-state index is -1.08. The standard InChI is InChI=1S/C38H81P/c1-5-9-13-17-18-19-20-21-22-23-24-25-26-30-34-38-39(35-31-27-14-10-6-2,36-32-28-15-11-7-3)37-33-29-16-12-8-4/h39H,5-38H2,1-4H3. The molecule has 0 saturated heterocycles. The zero-order chi connectivity index (χ0) is 28.5. The number of unbranched alkanes of at least 4 members (excludes halogenated alkanes) is 26. The van der Waals surface area contributed by atoms with Gasteiger partial charge >= 0.3 is 220 Å². The summed E-state index contributed by atoms with van der Waals surface area (Å²) < 4.78 is 0. The van der Waals surface area contributed by atoms with E-state index in [4.69, 9.17) is 0 Å². The van der Waals surface area contributed by atoms with Gasteiger partial charge in [0.15, 0.2) is 0 Å². The summed E-state index contributed by atoms with van der Waals surface area (Å²) >= 11 is 0. The molecular formula is C38H81P. The zero-order valence-corrected chi connectivity index (χ0v) is 29.5. The molecule has 39 heavy (non-hydrogen) atoms. The molecule has 238 valence electrons. The Kier molecular flexibility index (Phi) is 33.3. The number of rotatable bonds is 34. The Morgan fingerprint density at radius 2 is 0.359 bits per heavy atom. The second-order valence-electron chi connectivity index (χ2n) is 13.7. The Morgan fingerprint density at radius 1 is 0.205 bits per heavy atom. The van der Waals surface area contributed by atoms with Gasteiger partial charge in [-0.25, -0.2) is 0 Å². The quantitative estimate of drug-likeness (QED) is 0.0535. The summed E-state index contributed by atoms with van der Waals surface area (Å²) in [5, 5.41) is 0. The van der Waals surface area contributed by atoms with Crippen LogP contribution in [-0.2, 0) is 0 Å². The van der Waals surface area contributed by atoms with Crippen molar-refractivity contribution in [3.63, 3.8) is 0 Å². The van der Waals surface area contributed by atoms with Crippen LogP contribution in [0, 0.1) is 0 Å². The van der Waals surface area contributed by atoms with Crippen LogP contribution in [0.15, 0.2) is 0 Å². The molecule has 1 heteroatoms. The van der Waals surface area contributed by atoms with Crippen LogP contribution in [0.2, 0.25) is 0 Å². The summed E-state index contributed by atoms with van der Waals surface area (Å²) in [5.74, 6) is 0. The molecule has 0 N–H and O–H groups in total. The molecule has 0 aromatic rings. The average Bonchev–Trinajstić information content (AvgIpc) is 2.94. The van der Waals surface area contributed by atoms with Crippen LogP contribution in [-0.4, -0.2) is 24.6 Å². The van der Waals surface area contributed by atoms with Crippen molar-refractivity contribution in [3.05, 3.63) is 0 Å². The van der Waals surface area contributed by atoms with Gasteiger partial charge in [-0.1, -0.05) is 32.6 Å². The van der Waals surface area contributed by atoms with Crippen molar-refractivity contribution in [1.82, 2.24) is 0 Å². The summed E-state index contributed by atoms with van der Waals surface area (Å²) in [7, 11) is -1.08. The molecule has 0 spiro atoms. The van der Waals surface area contributed by atoms with Crippen LogP contribution in [0.1, 0.15) is 220 Å². The molecule has 0 aliphatic heterocycles. The monoisotopic (exact) mass is 569 g/mol. The van der Waals surface area contributed by atoms with Gasteiger partial charge in [-0.2, -0.15) is 0 Å². The Hall–Kier alpha value is 0.430. The minimum absolute atomic E-state index is 1.08. The first-order valence-corrected chi connectivity index (χ1v) is 22.1. The van der Waals surface area contributed by atoms with Crippen molar-refractivity contribution in [2.75, 3.05) is 24.6 Å². The van der Waals surface area contributed by atoms with Crippen molar-refractivity contribution in [2.24, 2.45) is 0 Å². The maximum atomic E-state index is 2.36. The molecule has 0 rings (SSSR count). The van der Waals surface area contributed by atoms with E-state index in [0.29, 0.717) is 0 Å². The van der Waals surface area contributed by atoms with E-state index in [9.17, 15) is 0 Å². The van der Waals surface area contributed by atoms with E-state index in [-0.39, 0.29) is 0 Å². The molecule has 0 aromatic heterocycles. The van der Waals surface area contributed by atoms with Crippen LogP contribution in [0.4, 0.5) is 0 Å². The molecule has 0 saturated carbocycles. The number of hydrogen-bond acceptors (Lipinski definition) is 0. The molecule has 0 aliphatic rings. The van der Waals surface area contributed by atoms with Crippen LogP contribution in [0.5, 0.6) is 0 Å². The SMILES string of the molecule is CCCCCCCCCCCCCCCCC[PH](CCCCCCC)(CCCCCCC)CCCCCCC. The van der Waals surface area contributed by atoms with E-state index < -0.39 is 7.26 Å². The van der Waals surface area contributed by atoms with Crippen LogP contribution >= 0.6 is 7.26 Å². The number of hydrogen-bond donors (Lipinski definition) is 0. The first kappa shape index (κ1) is 39.4. The predicted octanol–water partition coefficient (Wildman–Crippen LogP) is 14.5. The van der Waals surface area contributed by atoms with Gasteiger partial charge in [-0.05, 0) is 0 Å².